The Morgan fingerprint density at radius 2 is 1.62 bits per heavy atom. The van der Waals surface area contributed by atoms with Gasteiger partial charge in [-0.2, -0.15) is 17.9 Å². The first-order chi connectivity index (χ1) is 15.1. The van der Waals surface area contributed by atoms with Crippen LogP contribution >= 0.6 is 11.6 Å². The van der Waals surface area contributed by atoms with Crippen molar-refractivity contribution in [3.05, 3.63) is 95.0 Å². The highest BCUT2D eigenvalue weighted by molar-refractivity contribution is 7.92. The Balaban J connectivity index is 1.83. The van der Waals surface area contributed by atoms with Crippen LogP contribution in [0, 0.1) is 0 Å². The number of hydrogen-bond acceptors (Lipinski definition) is 5. The Kier molecular flexibility index (Phi) is 5.98. The summed E-state index contributed by atoms with van der Waals surface area (Å²) in [6.45, 7) is 0. The van der Waals surface area contributed by atoms with Crippen molar-refractivity contribution in [2.75, 3.05) is 11.0 Å². The second-order valence-electron chi connectivity index (χ2n) is 7.33. The van der Waals surface area contributed by atoms with Crippen LogP contribution in [-0.2, 0) is 20.0 Å². The van der Waals surface area contributed by atoms with Crippen LogP contribution in [0.2, 0.25) is 5.02 Å². The Bertz CT molecular complexity index is 1390. The Labute approximate surface area is 192 Å². The monoisotopic (exact) mass is 489 g/mol. The van der Waals surface area contributed by atoms with Crippen LogP contribution in [0.1, 0.15) is 23.6 Å². The first kappa shape index (κ1) is 22.3. The van der Waals surface area contributed by atoms with Crippen LogP contribution < -0.4 is 4.72 Å². The summed E-state index contributed by atoms with van der Waals surface area (Å²) in [6.07, 6.45) is 1.33. The molecule has 4 rings (SSSR count). The number of nitrogens with zero attached hydrogens (tertiary/aromatic N) is 2. The molecule has 1 N–H and O–H groups in total. The van der Waals surface area contributed by atoms with Gasteiger partial charge in [0, 0.05) is 17.0 Å². The zero-order valence-corrected chi connectivity index (χ0v) is 19.4. The summed E-state index contributed by atoms with van der Waals surface area (Å²) in [4.78, 5) is 0.0264. The molecule has 0 aromatic heterocycles. The summed E-state index contributed by atoms with van der Waals surface area (Å²) in [5.74, 6) is 0. The van der Waals surface area contributed by atoms with Crippen LogP contribution in [0.25, 0.3) is 0 Å². The summed E-state index contributed by atoms with van der Waals surface area (Å²) < 4.78 is 54.2. The van der Waals surface area contributed by atoms with Crippen molar-refractivity contribution in [1.82, 2.24) is 4.41 Å². The lowest BCUT2D eigenvalue weighted by Crippen LogP contribution is -2.27. The third-order valence-electron chi connectivity index (χ3n) is 4.93. The van der Waals surface area contributed by atoms with E-state index in [0.29, 0.717) is 22.0 Å². The molecule has 0 bridgehead atoms. The molecule has 1 heterocycles. The highest BCUT2D eigenvalue weighted by Crippen LogP contribution is 2.38. The number of sulfonamides is 2. The summed E-state index contributed by atoms with van der Waals surface area (Å²) in [5, 5.41) is 4.77. The van der Waals surface area contributed by atoms with Gasteiger partial charge in [-0.05, 0) is 29.8 Å². The first-order valence-corrected chi connectivity index (χ1v) is 13.4. The van der Waals surface area contributed by atoms with Gasteiger partial charge < -0.3 is 0 Å². The van der Waals surface area contributed by atoms with Crippen LogP contribution in [0.15, 0.2) is 88.9 Å². The highest BCUT2D eigenvalue weighted by atomic mass is 35.5. The van der Waals surface area contributed by atoms with E-state index < -0.39 is 26.1 Å². The third-order valence-corrected chi connectivity index (χ3v) is 7.43. The van der Waals surface area contributed by atoms with E-state index >= 15 is 0 Å². The maximum absolute atomic E-state index is 13.5. The number of anilines is 1. The van der Waals surface area contributed by atoms with Crippen molar-refractivity contribution in [2.45, 2.75) is 17.4 Å². The van der Waals surface area contributed by atoms with Gasteiger partial charge >= 0.3 is 0 Å². The molecule has 10 heteroatoms. The van der Waals surface area contributed by atoms with Gasteiger partial charge in [0.2, 0.25) is 10.0 Å². The fourth-order valence-electron chi connectivity index (χ4n) is 3.56. The lowest BCUT2D eigenvalue weighted by Gasteiger charge is -2.23. The molecule has 32 heavy (non-hydrogen) atoms. The van der Waals surface area contributed by atoms with E-state index in [1.807, 2.05) is 30.3 Å². The maximum Gasteiger partial charge on any atom is 0.279 e. The predicted octanol–water partition coefficient (Wildman–Crippen LogP) is 4.25. The predicted molar refractivity (Wildman–Crippen MR) is 126 cm³/mol. The molecule has 166 valence electrons. The van der Waals surface area contributed by atoms with Crippen molar-refractivity contribution in [3.8, 4) is 0 Å². The van der Waals surface area contributed by atoms with Gasteiger partial charge in [-0.15, -0.1) is 0 Å². The Morgan fingerprint density at radius 3 is 2.31 bits per heavy atom. The summed E-state index contributed by atoms with van der Waals surface area (Å²) in [7, 11) is -7.56. The van der Waals surface area contributed by atoms with E-state index in [4.69, 9.17) is 11.6 Å². The van der Waals surface area contributed by atoms with Gasteiger partial charge in [0.25, 0.3) is 10.0 Å². The number of para-hydroxylation sites is 1. The van der Waals surface area contributed by atoms with Gasteiger partial charge in [0.15, 0.2) is 0 Å². The Morgan fingerprint density at radius 1 is 0.938 bits per heavy atom. The minimum atomic E-state index is -4.02. The number of hydrazone groups is 1. The number of rotatable bonds is 6. The Hall–Kier alpha value is -2.88. The molecule has 0 fully saturated rings. The fourth-order valence-corrected chi connectivity index (χ4v) is 5.87. The number of benzene rings is 3. The zero-order chi connectivity index (χ0) is 22.9. The molecule has 0 amide bonds. The lowest BCUT2D eigenvalue weighted by molar-refractivity contribution is 0.371. The van der Waals surface area contributed by atoms with E-state index in [0.717, 1.165) is 16.2 Å². The van der Waals surface area contributed by atoms with Crippen LogP contribution in [-0.4, -0.2) is 33.2 Å². The molecule has 7 nitrogen and oxygen atoms in total. The molecule has 1 unspecified atom stereocenters. The van der Waals surface area contributed by atoms with Gasteiger partial charge in [-0.1, -0.05) is 66.2 Å². The molecule has 3 aromatic rings. The van der Waals surface area contributed by atoms with Crippen molar-refractivity contribution in [1.29, 1.82) is 0 Å². The quantitative estimate of drug-likeness (QED) is 0.559. The fraction of sp³-hybridized carbons (Fsp3) is 0.136. The number of hydrogen-bond donors (Lipinski definition) is 1. The zero-order valence-electron chi connectivity index (χ0n) is 17.0. The summed E-state index contributed by atoms with van der Waals surface area (Å²) >= 11 is 6.03. The van der Waals surface area contributed by atoms with Gasteiger partial charge in [-0.3, -0.25) is 4.72 Å². The molecule has 0 spiro atoms. The maximum atomic E-state index is 13.5. The molecular formula is C22H20ClN3O4S2. The molecule has 0 saturated heterocycles. The summed E-state index contributed by atoms with van der Waals surface area (Å²) in [6, 6.07) is 21.4. The minimum Gasteiger partial charge on any atom is -0.283 e. The summed E-state index contributed by atoms with van der Waals surface area (Å²) in [5.41, 5.74) is 2.08. The lowest BCUT2D eigenvalue weighted by atomic mass is 9.98. The molecular weight excluding hydrogens is 470 g/mol. The van der Waals surface area contributed by atoms with Crippen molar-refractivity contribution >= 4 is 43.0 Å². The van der Waals surface area contributed by atoms with Crippen LogP contribution in [0.4, 0.5) is 5.69 Å². The minimum absolute atomic E-state index is 0.0264. The second-order valence-corrected chi connectivity index (χ2v) is 11.3. The molecule has 1 aliphatic rings. The molecule has 1 atom stereocenters. The van der Waals surface area contributed by atoms with E-state index in [1.54, 1.807) is 36.4 Å². The average Bonchev–Trinajstić information content (AvgIpc) is 3.20. The van der Waals surface area contributed by atoms with Crippen molar-refractivity contribution in [2.24, 2.45) is 5.10 Å². The first-order valence-electron chi connectivity index (χ1n) is 9.65. The normalized spacial score (nSPS) is 16.6. The van der Waals surface area contributed by atoms with E-state index in [1.165, 1.54) is 12.1 Å². The third kappa shape index (κ3) is 4.64. The SMILES string of the molecule is CS(=O)(=O)Nc1ccccc1C1=NN(S(=O)(=O)c2cccc(Cl)c2)C(c2ccccc2)C1. The van der Waals surface area contributed by atoms with Gasteiger partial charge in [0.1, 0.15) is 0 Å². The average molecular weight is 490 g/mol. The number of halogens is 1. The highest BCUT2D eigenvalue weighted by Gasteiger charge is 2.38. The van der Waals surface area contributed by atoms with E-state index in [2.05, 4.69) is 9.82 Å². The van der Waals surface area contributed by atoms with Crippen molar-refractivity contribution in [3.63, 3.8) is 0 Å². The molecule has 3 aromatic carbocycles. The van der Waals surface area contributed by atoms with Crippen LogP contribution in [0.5, 0.6) is 0 Å². The van der Waals surface area contributed by atoms with E-state index in [9.17, 15) is 16.8 Å². The van der Waals surface area contributed by atoms with Gasteiger partial charge in [0.05, 0.1) is 28.6 Å². The molecule has 0 saturated carbocycles. The molecule has 0 aliphatic carbocycles. The smallest absolute Gasteiger partial charge is 0.279 e. The van der Waals surface area contributed by atoms with Gasteiger partial charge in [-0.25, -0.2) is 8.42 Å². The van der Waals surface area contributed by atoms with E-state index in [-0.39, 0.29) is 11.3 Å². The second kappa shape index (κ2) is 8.57. The standard InChI is InChI=1S/C22H20ClN3O4S2/c1-31(27,28)25-20-13-6-5-12-19(20)21-15-22(16-8-3-2-4-9-16)26(24-21)32(29,30)18-11-7-10-17(23)14-18/h2-14,22,25H,15H2,1H3. The molecule has 0 radical (unpaired) electrons. The topological polar surface area (TPSA) is 95.9 Å². The van der Waals surface area contributed by atoms with Crippen LogP contribution in [0.3, 0.4) is 0 Å². The van der Waals surface area contributed by atoms with Crippen molar-refractivity contribution < 1.29 is 16.8 Å². The molecule has 1 aliphatic heterocycles. The number of nitrogens with one attached hydrogen (secondary N) is 1. The largest absolute Gasteiger partial charge is 0.283 e.